The Morgan fingerprint density at radius 2 is 1.56 bits per heavy atom. The molecule has 0 radical (unpaired) electrons. The van der Waals surface area contributed by atoms with E-state index >= 15 is 0 Å². The van der Waals surface area contributed by atoms with Crippen LogP contribution in [0.3, 0.4) is 0 Å². The predicted molar refractivity (Wildman–Crippen MR) is 49.1 cm³/mol. The van der Waals surface area contributed by atoms with E-state index in [-0.39, 0.29) is 0 Å². The normalized spacial score (nSPS) is 8.89. The Bertz CT molecular complexity index is 73.1. The van der Waals surface area contributed by atoms with Gasteiger partial charge in [0.2, 0.25) is 0 Å². The van der Waals surface area contributed by atoms with Gasteiger partial charge in [-0.2, -0.15) is 0 Å². The summed E-state index contributed by atoms with van der Waals surface area (Å²) in [4.78, 5) is 0. The first-order valence-corrected chi connectivity index (χ1v) is 9.83. The van der Waals surface area contributed by atoms with Crippen molar-refractivity contribution in [3.8, 4) is 0 Å². The SMILES string of the molecule is C=CC[Se]S[Se]CC=C. The summed E-state index contributed by atoms with van der Waals surface area (Å²) in [7, 11) is 2.08. The molecule has 0 saturated carbocycles. The zero-order valence-electron chi connectivity index (χ0n) is 5.21. The monoisotopic (exact) mass is 274 g/mol. The van der Waals surface area contributed by atoms with Crippen molar-refractivity contribution in [3.05, 3.63) is 25.3 Å². The van der Waals surface area contributed by atoms with Gasteiger partial charge in [0, 0.05) is 0 Å². The number of rotatable bonds is 6. The second kappa shape index (κ2) is 8.87. The molecule has 0 unspecified atom stereocenters. The molecule has 0 heterocycles. The second-order valence-corrected chi connectivity index (χ2v) is 11.5. The van der Waals surface area contributed by atoms with Crippen molar-refractivity contribution < 1.29 is 0 Å². The average Bonchev–Trinajstić information content (AvgIpc) is 1.89. The van der Waals surface area contributed by atoms with Crippen LogP contribution < -0.4 is 0 Å². The molecule has 0 N–H and O–H groups in total. The summed E-state index contributed by atoms with van der Waals surface area (Å²) in [5, 5.41) is 2.41. The zero-order valence-corrected chi connectivity index (χ0v) is 9.45. The van der Waals surface area contributed by atoms with E-state index in [1.54, 1.807) is 0 Å². The fourth-order valence-electron chi connectivity index (χ4n) is 0.186. The van der Waals surface area contributed by atoms with Gasteiger partial charge in [0.15, 0.2) is 0 Å². The van der Waals surface area contributed by atoms with Crippen LogP contribution in [0.1, 0.15) is 0 Å². The van der Waals surface area contributed by atoms with E-state index in [9.17, 15) is 0 Å². The van der Waals surface area contributed by atoms with E-state index in [4.69, 9.17) is 0 Å². The standard InChI is InChI=1S/C6H10SSe2/c1-3-5-8-7-9-6-4-2/h3-4H,1-2,5-6H2. The van der Waals surface area contributed by atoms with Gasteiger partial charge in [0.25, 0.3) is 0 Å². The molecular formula is C6H10SSe2. The minimum atomic E-state index is 0.755. The summed E-state index contributed by atoms with van der Waals surface area (Å²) in [6, 6.07) is 0. The molecule has 0 atom stereocenters. The summed E-state index contributed by atoms with van der Waals surface area (Å²) in [5.41, 5.74) is 0. The summed E-state index contributed by atoms with van der Waals surface area (Å²) < 4.78 is 0. The molecule has 0 amide bonds. The van der Waals surface area contributed by atoms with Gasteiger partial charge in [-0.3, -0.25) is 0 Å². The molecule has 0 aliphatic carbocycles. The predicted octanol–water partition coefficient (Wildman–Crippen LogP) is 2.17. The molecule has 0 bridgehead atoms. The van der Waals surface area contributed by atoms with E-state index in [1.165, 1.54) is 10.6 Å². The molecule has 0 aromatic carbocycles. The van der Waals surface area contributed by atoms with Crippen LogP contribution in [-0.2, 0) is 0 Å². The van der Waals surface area contributed by atoms with Crippen LogP contribution in [0.25, 0.3) is 0 Å². The molecule has 0 fully saturated rings. The van der Waals surface area contributed by atoms with Crippen LogP contribution in [-0.4, -0.2) is 27.7 Å². The Kier molecular flexibility index (Phi) is 9.73. The van der Waals surface area contributed by atoms with E-state index in [1.807, 2.05) is 12.2 Å². The maximum absolute atomic E-state index is 3.67. The molecule has 52 valence electrons. The Balaban J connectivity index is 2.74. The molecule has 9 heavy (non-hydrogen) atoms. The maximum atomic E-state index is 3.67. The van der Waals surface area contributed by atoms with Crippen LogP contribution in [0.2, 0.25) is 10.6 Å². The van der Waals surface area contributed by atoms with Gasteiger partial charge in [-0.05, 0) is 0 Å². The van der Waals surface area contributed by atoms with Gasteiger partial charge in [0.1, 0.15) is 0 Å². The molecule has 0 saturated heterocycles. The van der Waals surface area contributed by atoms with Gasteiger partial charge in [-0.25, -0.2) is 0 Å². The van der Waals surface area contributed by atoms with Gasteiger partial charge < -0.3 is 0 Å². The number of allylic oxidation sites excluding steroid dienone is 2. The summed E-state index contributed by atoms with van der Waals surface area (Å²) >= 11 is 1.51. The molecule has 3 heteroatoms. The molecule has 0 spiro atoms. The molecule has 0 aromatic heterocycles. The third-order valence-corrected chi connectivity index (χ3v) is 11.1. The van der Waals surface area contributed by atoms with Crippen molar-refractivity contribution in [1.29, 1.82) is 0 Å². The topological polar surface area (TPSA) is 0 Å². The Hall–Kier alpha value is 0.869. The number of hydrogen-bond acceptors (Lipinski definition) is 1. The molecule has 0 aliphatic rings. The summed E-state index contributed by atoms with van der Waals surface area (Å²) in [6.45, 7) is 7.34. The van der Waals surface area contributed by atoms with Gasteiger partial charge in [-0.15, -0.1) is 0 Å². The first-order chi connectivity index (χ1) is 4.41. The summed E-state index contributed by atoms with van der Waals surface area (Å²) in [5.74, 6) is 0. The Morgan fingerprint density at radius 1 is 1.11 bits per heavy atom. The van der Waals surface area contributed by atoms with Crippen molar-refractivity contribution in [1.82, 2.24) is 0 Å². The van der Waals surface area contributed by atoms with Crippen LogP contribution in [0.5, 0.6) is 0 Å². The average molecular weight is 272 g/mol. The molecule has 0 rings (SSSR count). The van der Waals surface area contributed by atoms with E-state index < -0.39 is 0 Å². The van der Waals surface area contributed by atoms with E-state index in [2.05, 4.69) is 21.8 Å². The third kappa shape index (κ3) is 8.87. The molecule has 0 nitrogen and oxygen atoms in total. The summed E-state index contributed by atoms with van der Waals surface area (Å²) in [6.07, 6.45) is 3.99. The quantitative estimate of drug-likeness (QED) is 0.405. The molecule has 0 aliphatic heterocycles. The molecule has 0 aromatic rings. The zero-order chi connectivity index (χ0) is 6.95. The second-order valence-electron chi connectivity index (χ2n) is 1.21. The van der Waals surface area contributed by atoms with Crippen molar-refractivity contribution in [2.45, 2.75) is 10.6 Å². The van der Waals surface area contributed by atoms with Crippen molar-refractivity contribution in [3.63, 3.8) is 0 Å². The Labute approximate surface area is 72.0 Å². The van der Waals surface area contributed by atoms with Crippen molar-refractivity contribution >= 4 is 36.3 Å². The van der Waals surface area contributed by atoms with Crippen molar-refractivity contribution in [2.75, 3.05) is 0 Å². The van der Waals surface area contributed by atoms with Crippen LogP contribution in [0, 0.1) is 0 Å². The van der Waals surface area contributed by atoms with Crippen molar-refractivity contribution in [2.24, 2.45) is 0 Å². The van der Waals surface area contributed by atoms with Crippen LogP contribution in [0.4, 0.5) is 0 Å². The first kappa shape index (κ1) is 9.87. The van der Waals surface area contributed by atoms with Gasteiger partial charge >= 0.3 is 72.2 Å². The van der Waals surface area contributed by atoms with E-state index in [0.717, 1.165) is 27.7 Å². The molecular weight excluding hydrogens is 262 g/mol. The van der Waals surface area contributed by atoms with E-state index in [0.29, 0.717) is 0 Å². The fraction of sp³-hybridized carbons (Fsp3) is 0.333. The van der Waals surface area contributed by atoms with Gasteiger partial charge in [-0.1, -0.05) is 0 Å². The number of hydrogen-bond donors (Lipinski definition) is 0. The van der Waals surface area contributed by atoms with Crippen LogP contribution >= 0.6 is 8.60 Å². The minimum absolute atomic E-state index is 0.755. The fourth-order valence-corrected chi connectivity index (χ4v) is 8.76. The first-order valence-electron chi connectivity index (χ1n) is 2.54. The Morgan fingerprint density at radius 3 is 1.89 bits per heavy atom. The van der Waals surface area contributed by atoms with Gasteiger partial charge in [0.05, 0.1) is 0 Å². The third-order valence-electron chi connectivity index (χ3n) is 0.468. The van der Waals surface area contributed by atoms with Crippen LogP contribution in [0.15, 0.2) is 25.3 Å².